The Hall–Kier alpha value is -3.65. The molecule has 0 N–H and O–H groups in total. The normalized spacial score (nSPS) is 18.1. The van der Waals surface area contributed by atoms with Gasteiger partial charge in [-0.3, -0.25) is 0 Å². The highest BCUT2D eigenvalue weighted by Gasteiger charge is 2.46. The Balaban J connectivity index is 1.76. The van der Waals surface area contributed by atoms with E-state index in [1.165, 1.54) is 33.6 Å². The van der Waals surface area contributed by atoms with E-state index in [-0.39, 0.29) is 12.1 Å². The highest BCUT2D eigenvalue weighted by atomic mass is 15.3. The quantitative estimate of drug-likeness (QED) is 0.333. The van der Waals surface area contributed by atoms with Crippen LogP contribution in [0, 0.1) is 13.8 Å². The molecule has 5 rings (SSSR count). The van der Waals surface area contributed by atoms with E-state index in [1.54, 1.807) is 0 Å². The van der Waals surface area contributed by atoms with Crippen molar-refractivity contribution in [2.75, 3.05) is 4.90 Å². The number of para-hydroxylation sites is 2. The van der Waals surface area contributed by atoms with E-state index in [2.05, 4.69) is 139 Å². The highest BCUT2D eigenvalue weighted by Crippen LogP contribution is 2.45. The van der Waals surface area contributed by atoms with Gasteiger partial charge in [0.1, 0.15) is 11.4 Å². The maximum atomic E-state index is 2.45. The molecule has 0 saturated carbocycles. The molecule has 0 fully saturated rings. The molecule has 2 nitrogen and oxygen atoms in total. The monoisotopic (exact) mass is 403 g/mol. The molecule has 0 saturated heterocycles. The number of anilines is 1. The van der Waals surface area contributed by atoms with Crippen LogP contribution in [0.25, 0.3) is 0 Å². The predicted octanol–water partition coefficient (Wildman–Crippen LogP) is 6.98. The number of rotatable bonds is 4. The molecule has 152 valence electrons. The zero-order valence-corrected chi connectivity index (χ0v) is 18.0. The lowest BCUT2D eigenvalue weighted by Gasteiger charge is -2.25. The van der Waals surface area contributed by atoms with Crippen LogP contribution in [0.3, 0.4) is 0 Å². The molecule has 0 bridgehead atoms. The maximum Gasteiger partial charge on any atom is 0.245 e. The van der Waals surface area contributed by atoms with Crippen LogP contribution in [0.4, 0.5) is 11.4 Å². The number of benzene rings is 4. The Morgan fingerprint density at radius 3 is 1.77 bits per heavy atom. The van der Waals surface area contributed by atoms with Crippen molar-refractivity contribution >= 4 is 17.7 Å². The molecule has 0 aromatic heterocycles. The average molecular weight is 404 g/mol. The summed E-state index contributed by atoms with van der Waals surface area (Å²) >= 11 is 0. The molecule has 31 heavy (non-hydrogen) atoms. The van der Waals surface area contributed by atoms with E-state index >= 15 is 0 Å². The summed E-state index contributed by atoms with van der Waals surface area (Å²) in [5.74, 6) is 0. The number of hydrogen-bond donors (Lipinski definition) is 0. The second kappa shape index (κ2) is 8.23. The summed E-state index contributed by atoms with van der Waals surface area (Å²) in [6.07, 6.45) is 2.31. The van der Waals surface area contributed by atoms with E-state index < -0.39 is 0 Å². The zero-order valence-electron chi connectivity index (χ0n) is 18.0. The van der Waals surface area contributed by atoms with Crippen molar-refractivity contribution in [1.82, 2.24) is 0 Å². The fourth-order valence-electron chi connectivity index (χ4n) is 4.70. The average Bonchev–Trinajstić information content (AvgIpc) is 3.21. The summed E-state index contributed by atoms with van der Waals surface area (Å²) < 4.78 is 2.45. The molecule has 1 aliphatic rings. The molecule has 1 aliphatic heterocycles. The molecular formula is C29H27N2+. The summed E-state index contributed by atoms with van der Waals surface area (Å²) in [5.41, 5.74) is 7.66. The van der Waals surface area contributed by atoms with Gasteiger partial charge in [0.2, 0.25) is 6.34 Å². The summed E-state index contributed by atoms with van der Waals surface area (Å²) in [7, 11) is 0. The smallest absolute Gasteiger partial charge is 0.222 e. The zero-order chi connectivity index (χ0) is 21.2. The molecule has 4 aromatic rings. The van der Waals surface area contributed by atoms with Gasteiger partial charge in [0.05, 0.1) is 0 Å². The van der Waals surface area contributed by atoms with E-state index in [0.29, 0.717) is 0 Å². The molecule has 1 heterocycles. The molecule has 0 amide bonds. The Morgan fingerprint density at radius 2 is 1.13 bits per heavy atom. The molecule has 0 aliphatic carbocycles. The van der Waals surface area contributed by atoms with Gasteiger partial charge < -0.3 is 0 Å². The summed E-state index contributed by atoms with van der Waals surface area (Å²) in [5, 5.41) is 0. The third-order valence-electron chi connectivity index (χ3n) is 6.22. The molecule has 4 aromatic carbocycles. The van der Waals surface area contributed by atoms with Gasteiger partial charge >= 0.3 is 0 Å². The second-order valence-electron chi connectivity index (χ2n) is 8.21. The first-order chi connectivity index (χ1) is 15.2. The summed E-state index contributed by atoms with van der Waals surface area (Å²) in [6, 6.07) is 39.4. The fraction of sp³-hybridized carbons (Fsp3) is 0.138. The van der Waals surface area contributed by atoms with Gasteiger partial charge in [0, 0.05) is 11.1 Å². The largest absolute Gasteiger partial charge is 0.245 e. The topological polar surface area (TPSA) is 6.25 Å². The number of nitrogens with zero attached hydrogens (tertiary/aromatic N) is 2. The van der Waals surface area contributed by atoms with Crippen LogP contribution in [-0.2, 0) is 0 Å². The van der Waals surface area contributed by atoms with E-state index in [4.69, 9.17) is 0 Å². The second-order valence-corrected chi connectivity index (χ2v) is 8.21. The first-order valence-electron chi connectivity index (χ1n) is 10.9. The lowest BCUT2D eigenvalue weighted by molar-refractivity contribution is -0.481. The van der Waals surface area contributed by atoms with Crippen molar-refractivity contribution < 1.29 is 4.58 Å². The van der Waals surface area contributed by atoms with Gasteiger partial charge in [-0.15, -0.1) is 0 Å². The molecular weight excluding hydrogens is 376 g/mol. The van der Waals surface area contributed by atoms with Gasteiger partial charge in [-0.25, -0.2) is 9.48 Å². The highest BCUT2D eigenvalue weighted by molar-refractivity contribution is 5.82. The first-order valence-corrected chi connectivity index (χ1v) is 10.9. The molecule has 0 spiro atoms. The SMILES string of the molecule is Cc1ccccc1N1C=[N+](c2ccccc2C)[C@@H](c2ccccc2)[C@@H]1c1ccccc1. The molecule has 2 heteroatoms. The molecule has 2 atom stereocenters. The van der Waals surface area contributed by atoms with Crippen molar-refractivity contribution in [2.45, 2.75) is 25.9 Å². The minimum Gasteiger partial charge on any atom is -0.222 e. The molecule has 0 unspecified atom stereocenters. The van der Waals surface area contributed by atoms with Gasteiger partial charge in [0.25, 0.3) is 0 Å². The third-order valence-corrected chi connectivity index (χ3v) is 6.22. The lowest BCUT2D eigenvalue weighted by Crippen LogP contribution is -2.26. The fourth-order valence-corrected chi connectivity index (χ4v) is 4.70. The lowest BCUT2D eigenvalue weighted by atomic mass is 9.92. The van der Waals surface area contributed by atoms with E-state index in [9.17, 15) is 0 Å². The van der Waals surface area contributed by atoms with Crippen LogP contribution < -0.4 is 4.90 Å². The minimum atomic E-state index is 0.157. The van der Waals surface area contributed by atoms with E-state index in [0.717, 1.165) is 0 Å². The van der Waals surface area contributed by atoms with Crippen molar-refractivity contribution in [3.63, 3.8) is 0 Å². The summed E-state index contributed by atoms with van der Waals surface area (Å²) in [6.45, 7) is 4.39. The van der Waals surface area contributed by atoms with Crippen LogP contribution in [0.15, 0.2) is 109 Å². The van der Waals surface area contributed by atoms with Gasteiger partial charge in [-0.1, -0.05) is 97.1 Å². The Morgan fingerprint density at radius 1 is 0.581 bits per heavy atom. The van der Waals surface area contributed by atoms with Crippen LogP contribution in [-0.4, -0.2) is 10.9 Å². The van der Waals surface area contributed by atoms with Crippen LogP contribution in [0.2, 0.25) is 0 Å². The maximum absolute atomic E-state index is 2.45. The Labute approximate surface area is 184 Å². The Kier molecular flexibility index (Phi) is 5.13. The number of aryl methyl sites for hydroxylation is 2. The van der Waals surface area contributed by atoms with E-state index in [1.807, 2.05) is 0 Å². The van der Waals surface area contributed by atoms with Crippen molar-refractivity contribution in [3.8, 4) is 0 Å². The van der Waals surface area contributed by atoms with Gasteiger partial charge in [0.15, 0.2) is 12.1 Å². The third kappa shape index (κ3) is 3.55. The Bertz CT molecular complexity index is 1210. The van der Waals surface area contributed by atoms with Crippen LogP contribution >= 0.6 is 0 Å². The van der Waals surface area contributed by atoms with Crippen LogP contribution in [0.5, 0.6) is 0 Å². The first kappa shape index (κ1) is 19.3. The summed E-state index contributed by atoms with van der Waals surface area (Å²) in [4.78, 5) is 2.45. The minimum absolute atomic E-state index is 0.157. The standard InChI is InChI=1S/C29H27N2/c1-22-13-9-11-19-26(22)30-21-31(27-20-12-10-14-23(27)2)29(25-17-7-4-8-18-25)28(30)24-15-5-3-6-16-24/h3-21,28-29H,1-2H3/q+1/t28-,29-/m0/s1. The predicted molar refractivity (Wildman–Crippen MR) is 129 cm³/mol. The van der Waals surface area contributed by atoms with Crippen molar-refractivity contribution in [1.29, 1.82) is 0 Å². The van der Waals surface area contributed by atoms with Crippen LogP contribution in [0.1, 0.15) is 34.3 Å². The van der Waals surface area contributed by atoms with Crippen molar-refractivity contribution in [3.05, 3.63) is 131 Å². The number of hydrogen-bond acceptors (Lipinski definition) is 1. The van der Waals surface area contributed by atoms with Gasteiger partial charge in [-0.2, -0.15) is 0 Å². The van der Waals surface area contributed by atoms with Crippen molar-refractivity contribution in [2.24, 2.45) is 0 Å². The molecule has 0 radical (unpaired) electrons. The van der Waals surface area contributed by atoms with Gasteiger partial charge in [-0.05, 0) is 37.1 Å².